The second kappa shape index (κ2) is 8.42. The molecule has 1 saturated heterocycles. The maximum Gasteiger partial charge on any atom is 0.243 e. The normalized spacial score (nSPS) is 21.3. The molecule has 1 aliphatic rings. The average Bonchev–Trinajstić information content (AvgIpc) is 2.96. The fourth-order valence-corrected chi connectivity index (χ4v) is 2.97. The first-order chi connectivity index (χ1) is 11.0. The van der Waals surface area contributed by atoms with Crippen LogP contribution in [0.1, 0.15) is 26.0 Å². The first-order valence-corrected chi connectivity index (χ1v) is 8.26. The minimum Gasteiger partial charge on any atom is -0.383 e. The zero-order chi connectivity index (χ0) is 16.8. The van der Waals surface area contributed by atoms with Crippen LogP contribution in [0.5, 0.6) is 0 Å². The molecule has 1 N–H and O–H groups in total. The predicted molar refractivity (Wildman–Crippen MR) is 88.4 cm³/mol. The van der Waals surface area contributed by atoms with E-state index in [4.69, 9.17) is 9.26 Å². The van der Waals surface area contributed by atoms with Gasteiger partial charge in [0.15, 0.2) is 0 Å². The van der Waals surface area contributed by atoms with Crippen molar-refractivity contribution in [3.63, 3.8) is 0 Å². The Bertz CT molecular complexity index is 505. The number of piperazine rings is 1. The molecule has 0 aromatic carbocycles. The zero-order valence-corrected chi connectivity index (χ0v) is 14.5. The lowest BCUT2D eigenvalue weighted by molar-refractivity contribution is -0.122. The van der Waals surface area contributed by atoms with Crippen LogP contribution in [0.4, 0.5) is 5.88 Å². The van der Waals surface area contributed by atoms with Gasteiger partial charge < -0.3 is 9.26 Å². The summed E-state index contributed by atoms with van der Waals surface area (Å²) in [5.74, 6) is 0.353. The maximum absolute atomic E-state index is 12.4. The average molecular weight is 324 g/mol. The van der Waals surface area contributed by atoms with Gasteiger partial charge in [0, 0.05) is 45.4 Å². The van der Waals surface area contributed by atoms with Crippen molar-refractivity contribution in [2.24, 2.45) is 0 Å². The summed E-state index contributed by atoms with van der Waals surface area (Å²) in [5, 5.41) is 6.58. The third-order valence-corrected chi connectivity index (χ3v) is 4.49. The van der Waals surface area contributed by atoms with Crippen LogP contribution in [0.2, 0.25) is 0 Å². The quantitative estimate of drug-likeness (QED) is 0.816. The molecule has 2 atom stereocenters. The topological polar surface area (TPSA) is 70.8 Å². The van der Waals surface area contributed by atoms with Gasteiger partial charge in [0.2, 0.25) is 11.8 Å². The highest BCUT2D eigenvalue weighted by molar-refractivity contribution is 5.93. The fourth-order valence-electron chi connectivity index (χ4n) is 2.97. The van der Waals surface area contributed by atoms with Crippen molar-refractivity contribution in [2.45, 2.75) is 39.3 Å². The van der Waals surface area contributed by atoms with Crippen LogP contribution >= 0.6 is 0 Å². The molecule has 7 nitrogen and oxygen atoms in total. The van der Waals surface area contributed by atoms with Gasteiger partial charge in [0.25, 0.3) is 0 Å². The molecular weight excluding hydrogens is 296 g/mol. The van der Waals surface area contributed by atoms with E-state index in [2.05, 4.69) is 27.2 Å². The highest BCUT2D eigenvalue weighted by atomic mass is 16.5. The molecule has 0 aliphatic carbocycles. The standard InChI is InChI=1S/C16H28N4O3/c1-5-14-11-20(7-6-19(14)8-9-22-4)13(3)16(21)17-15-10-12(2)18-23-15/h10,13-14H,5-9,11H2,1-4H3,(H,17,21)/t13-,14-/m1/s1. The minimum absolute atomic E-state index is 0.0543. The smallest absolute Gasteiger partial charge is 0.243 e. The van der Waals surface area contributed by atoms with Gasteiger partial charge in [-0.05, 0) is 20.3 Å². The molecule has 0 bridgehead atoms. The largest absolute Gasteiger partial charge is 0.383 e. The molecule has 1 fully saturated rings. The van der Waals surface area contributed by atoms with Gasteiger partial charge in [-0.3, -0.25) is 19.9 Å². The van der Waals surface area contributed by atoms with Gasteiger partial charge in [0.05, 0.1) is 18.3 Å². The number of hydrogen-bond donors (Lipinski definition) is 1. The van der Waals surface area contributed by atoms with E-state index in [1.807, 2.05) is 13.8 Å². The van der Waals surface area contributed by atoms with Crippen molar-refractivity contribution in [3.05, 3.63) is 11.8 Å². The number of anilines is 1. The van der Waals surface area contributed by atoms with Crippen LogP contribution in [-0.2, 0) is 9.53 Å². The van der Waals surface area contributed by atoms with Crippen molar-refractivity contribution in [1.29, 1.82) is 0 Å². The molecule has 0 unspecified atom stereocenters. The molecular formula is C16H28N4O3. The Labute approximate surface area is 137 Å². The lowest BCUT2D eigenvalue weighted by Gasteiger charge is -2.43. The fraction of sp³-hybridized carbons (Fsp3) is 0.750. The molecule has 7 heteroatoms. The van der Waals surface area contributed by atoms with E-state index in [9.17, 15) is 4.79 Å². The van der Waals surface area contributed by atoms with Crippen molar-refractivity contribution >= 4 is 11.8 Å². The Balaban J connectivity index is 1.89. The summed E-state index contributed by atoms with van der Waals surface area (Å²) in [6.07, 6.45) is 1.07. The van der Waals surface area contributed by atoms with E-state index in [0.29, 0.717) is 11.9 Å². The van der Waals surface area contributed by atoms with Crippen LogP contribution in [0.25, 0.3) is 0 Å². The van der Waals surface area contributed by atoms with Crippen molar-refractivity contribution < 1.29 is 14.1 Å². The number of ether oxygens (including phenoxy) is 1. The van der Waals surface area contributed by atoms with Gasteiger partial charge in [-0.15, -0.1) is 0 Å². The predicted octanol–water partition coefficient (Wildman–Crippen LogP) is 1.35. The second-order valence-corrected chi connectivity index (χ2v) is 6.08. The summed E-state index contributed by atoms with van der Waals surface area (Å²) in [5.41, 5.74) is 0.755. The molecule has 2 heterocycles. The number of amides is 1. The number of aromatic nitrogens is 1. The third-order valence-electron chi connectivity index (χ3n) is 4.49. The second-order valence-electron chi connectivity index (χ2n) is 6.08. The number of nitrogens with zero attached hydrogens (tertiary/aromatic N) is 3. The van der Waals surface area contributed by atoms with Crippen LogP contribution in [0.3, 0.4) is 0 Å². The Morgan fingerprint density at radius 3 is 2.96 bits per heavy atom. The summed E-state index contributed by atoms with van der Waals surface area (Å²) in [6, 6.07) is 1.99. The van der Waals surface area contributed by atoms with E-state index in [1.54, 1.807) is 13.2 Å². The van der Waals surface area contributed by atoms with Crippen molar-refractivity contribution in [1.82, 2.24) is 15.0 Å². The molecule has 0 radical (unpaired) electrons. The molecule has 0 saturated carbocycles. The van der Waals surface area contributed by atoms with Crippen molar-refractivity contribution in [3.8, 4) is 0 Å². The summed E-state index contributed by atoms with van der Waals surface area (Å²) in [7, 11) is 1.73. The maximum atomic E-state index is 12.4. The molecule has 2 rings (SSSR count). The molecule has 0 spiro atoms. The summed E-state index contributed by atoms with van der Waals surface area (Å²) < 4.78 is 10.2. The highest BCUT2D eigenvalue weighted by Gasteiger charge is 2.31. The van der Waals surface area contributed by atoms with E-state index in [0.717, 1.165) is 44.9 Å². The van der Waals surface area contributed by atoms with E-state index >= 15 is 0 Å². The lowest BCUT2D eigenvalue weighted by Crippen LogP contribution is -2.57. The Morgan fingerprint density at radius 2 is 2.35 bits per heavy atom. The summed E-state index contributed by atoms with van der Waals surface area (Å²) in [6.45, 7) is 10.4. The van der Waals surface area contributed by atoms with E-state index < -0.39 is 0 Å². The molecule has 1 aromatic heterocycles. The zero-order valence-electron chi connectivity index (χ0n) is 14.5. The molecule has 1 aliphatic heterocycles. The number of hydrogen-bond acceptors (Lipinski definition) is 6. The van der Waals surface area contributed by atoms with Crippen LogP contribution in [0, 0.1) is 6.92 Å². The molecule has 1 amide bonds. The Morgan fingerprint density at radius 1 is 1.57 bits per heavy atom. The SMILES string of the molecule is CC[C@@H]1CN([C@H](C)C(=O)Nc2cc(C)no2)CCN1CCOC. The van der Waals surface area contributed by atoms with E-state index in [1.165, 1.54) is 0 Å². The summed E-state index contributed by atoms with van der Waals surface area (Å²) >= 11 is 0. The third kappa shape index (κ3) is 4.76. The van der Waals surface area contributed by atoms with Crippen LogP contribution in [-0.4, -0.2) is 72.8 Å². The number of methoxy groups -OCH3 is 1. The van der Waals surface area contributed by atoms with Crippen LogP contribution < -0.4 is 5.32 Å². The number of carbonyl (C=O) groups is 1. The molecule has 23 heavy (non-hydrogen) atoms. The first-order valence-electron chi connectivity index (χ1n) is 8.26. The van der Waals surface area contributed by atoms with Gasteiger partial charge >= 0.3 is 0 Å². The number of aryl methyl sites for hydroxylation is 1. The lowest BCUT2D eigenvalue weighted by atomic mass is 10.1. The van der Waals surface area contributed by atoms with E-state index in [-0.39, 0.29) is 11.9 Å². The van der Waals surface area contributed by atoms with Gasteiger partial charge in [-0.2, -0.15) is 0 Å². The molecule has 130 valence electrons. The van der Waals surface area contributed by atoms with Crippen LogP contribution in [0.15, 0.2) is 10.6 Å². The number of nitrogens with one attached hydrogen (secondary N) is 1. The van der Waals surface area contributed by atoms with Crippen molar-refractivity contribution in [2.75, 3.05) is 45.2 Å². The minimum atomic E-state index is -0.195. The number of rotatable bonds is 7. The highest BCUT2D eigenvalue weighted by Crippen LogP contribution is 2.16. The first kappa shape index (κ1) is 17.9. The molecule has 1 aromatic rings. The van der Waals surface area contributed by atoms with Gasteiger partial charge in [0.1, 0.15) is 0 Å². The monoisotopic (exact) mass is 324 g/mol. The van der Waals surface area contributed by atoms with Gasteiger partial charge in [-0.1, -0.05) is 12.1 Å². The Kier molecular flexibility index (Phi) is 6.56. The Hall–Kier alpha value is -1.44. The van der Waals surface area contributed by atoms with Gasteiger partial charge in [-0.25, -0.2) is 0 Å². The number of carbonyl (C=O) groups excluding carboxylic acids is 1. The summed E-state index contributed by atoms with van der Waals surface area (Å²) in [4.78, 5) is 17.1.